The molecule has 0 spiro atoms. The van der Waals surface area contributed by atoms with E-state index in [9.17, 15) is 18.4 Å². The summed E-state index contributed by atoms with van der Waals surface area (Å²) in [5, 5.41) is 2.80. The van der Waals surface area contributed by atoms with E-state index in [0.29, 0.717) is 5.56 Å². The monoisotopic (exact) mass is 364 g/mol. The molecular formula is C18H15ClF2N2O2. The van der Waals surface area contributed by atoms with Gasteiger partial charge >= 0.3 is 6.03 Å². The van der Waals surface area contributed by atoms with E-state index < -0.39 is 29.1 Å². The highest BCUT2D eigenvalue weighted by atomic mass is 35.5. The second-order valence-corrected chi connectivity index (χ2v) is 6.19. The first-order valence-corrected chi connectivity index (χ1v) is 8.10. The second-order valence-electron chi connectivity index (χ2n) is 5.79. The molecular weight excluding hydrogens is 350 g/mol. The highest BCUT2D eigenvalue weighted by molar-refractivity contribution is 6.31. The van der Waals surface area contributed by atoms with Crippen LogP contribution in [0.15, 0.2) is 42.5 Å². The average Bonchev–Trinajstić information content (AvgIpc) is 2.83. The van der Waals surface area contributed by atoms with Gasteiger partial charge in [-0.3, -0.25) is 9.69 Å². The van der Waals surface area contributed by atoms with Gasteiger partial charge in [0.1, 0.15) is 17.2 Å². The molecule has 3 rings (SSSR count). The standard InChI is InChI=1S/C18H15ClF2N2O2/c1-2-18(11-6-8-12(20)9-7-11)16(24)23(17(25)22-18)10-13-14(19)4-3-5-15(13)21/h3-9H,2,10H2,1H3,(H,22,25). The zero-order valence-corrected chi connectivity index (χ0v) is 14.1. The number of rotatable bonds is 4. The molecule has 130 valence electrons. The molecule has 7 heteroatoms. The molecule has 3 amide bonds. The van der Waals surface area contributed by atoms with Gasteiger partial charge in [-0.1, -0.05) is 36.7 Å². The summed E-state index contributed by atoms with van der Waals surface area (Å²) in [7, 11) is 0. The summed E-state index contributed by atoms with van der Waals surface area (Å²) in [4.78, 5) is 26.3. The molecule has 1 saturated heterocycles. The molecule has 1 atom stereocenters. The molecule has 1 heterocycles. The third-order valence-corrected chi connectivity index (χ3v) is 4.78. The lowest BCUT2D eigenvalue weighted by atomic mass is 9.87. The Bertz CT molecular complexity index is 821. The number of nitrogens with zero attached hydrogens (tertiary/aromatic N) is 1. The summed E-state index contributed by atoms with van der Waals surface area (Å²) >= 11 is 5.99. The molecule has 2 aromatic carbocycles. The SMILES string of the molecule is CCC1(c2ccc(F)cc2)NC(=O)N(Cc2c(F)cccc2Cl)C1=O. The van der Waals surface area contributed by atoms with E-state index in [1.807, 2.05) is 0 Å². The van der Waals surface area contributed by atoms with Gasteiger partial charge in [-0.25, -0.2) is 13.6 Å². The van der Waals surface area contributed by atoms with Crippen LogP contribution in [0, 0.1) is 11.6 Å². The van der Waals surface area contributed by atoms with E-state index in [1.165, 1.54) is 42.5 Å². The minimum atomic E-state index is -1.30. The van der Waals surface area contributed by atoms with Crippen molar-refractivity contribution >= 4 is 23.5 Å². The summed E-state index contributed by atoms with van der Waals surface area (Å²) in [6.07, 6.45) is 0.269. The van der Waals surface area contributed by atoms with E-state index in [0.717, 1.165) is 4.90 Å². The zero-order chi connectivity index (χ0) is 18.2. The normalized spacial score (nSPS) is 20.1. The highest BCUT2D eigenvalue weighted by Gasteiger charge is 2.51. The van der Waals surface area contributed by atoms with Gasteiger partial charge in [0.05, 0.1) is 6.54 Å². The maximum absolute atomic E-state index is 14.0. The molecule has 1 unspecified atom stereocenters. The molecule has 1 N–H and O–H groups in total. The molecule has 0 aliphatic carbocycles. The van der Waals surface area contributed by atoms with E-state index in [4.69, 9.17) is 11.6 Å². The van der Waals surface area contributed by atoms with Crippen LogP contribution < -0.4 is 5.32 Å². The summed E-state index contributed by atoms with van der Waals surface area (Å²) in [5.74, 6) is -1.56. The fourth-order valence-corrected chi connectivity index (χ4v) is 3.21. The molecule has 4 nitrogen and oxygen atoms in total. The van der Waals surface area contributed by atoms with E-state index in [-0.39, 0.29) is 23.6 Å². The highest BCUT2D eigenvalue weighted by Crippen LogP contribution is 2.34. The zero-order valence-electron chi connectivity index (χ0n) is 13.4. The number of benzene rings is 2. The summed E-state index contributed by atoms with van der Waals surface area (Å²) in [6.45, 7) is 1.46. The predicted octanol–water partition coefficient (Wildman–Crippen LogP) is 3.98. The Balaban J connectivity index is 1.97. The molecule has 1 fully saturated rings. The van der Waals surface area contributed by atoms with Gasteiger partial charge in [0.15, 0.2) is 0 Å². The molecule has 1 aliphatic rings. The number of imide groups is 1. The number of hydrogen-bond donors (Lipinski definition) is 1. The van der Waals surface area contributed by atoms with Crippen LogP contribution in [0.1, 0.15) is 24.5 Å². The van der Waals surface area contributed by atoms with Crippen molar-refractivity contribution in [1.82, 2.24) is 10.2 Å². The maximum Gasteiger partial charge on any atom is 0.325 e. The van der Waals surface area contributed by atoms with Gasteiger partial charge < -0.3 is 5.32 Å². The van der Waals surface area contributed by atoms with Crippen molar-refractivity contribution in [2.45, 2.75) is 25.4 Å². The molecule has 0 saturated carbocycles. The quantitative estimate of drug-likeness (QED) is 0.834. The van der Waals surface area contributed by atoms with Crippen molar-refractivity contribution in [2.24, 2.45) is 0 Å². The number of carbonyl (C=O) groups excluding carboxylic acids is 2. The number of carbonyl (C=O) groups is 2. The minimum absolute atomic E-state index is 0.0682. The van der Waals surface area contributed by atoms with E-state index in [1.54, 1.807) is 6.92 Å². The van der Waals surface area contributed by atoms with Crippen molar-refractivity contribution in [3.63, 3.8) is 0 Å². The Morgan fingerprint density at radius 2 is 1.80 bits per heavy atom. The van der Waals surface area contributed by atoms with Crippen LogP contribution in [0.3, 0.4) is 0 Å². The number of nitrogens with one attached hydrogen (secondary N) is 1. The van der Waals surface area contributed by atoms with E-state index >= 15 is 0 Å². The summed E-state index contributed by atoms with van der Waals surface area (Å²) < 4.78 is 27.2. The first kappa shape index (κ1) is 17.4. The van der Waals surface area contributed by atoms with Crippen LogP contribution in [0.25, 0.3) is 0 Å². The van der Waals surface area contributed by atoms with Crippen LogP contribution in [-0.2, 0) is 16.9 Å². The number of halogens is 3. The number of hydrogen-bond acceptors (Lipinski definition) is 2. The average molecular weight is 365 g/mol. The van der Waals surface area contributed by atoms with Gasteiger partial charge in [-0.05, 0) is 36.2 Å². The lowest BCUT2D eigenvalue weighted by Crippen LogP contribution is -2.43. The van der Waals surface area contributed by atoms with Gasteiger partial charge in [0.2, 0.25) is 0 Å². The molecule has 2 aromatic rings. The van der Waals surface area contributed by atoms with Crippen LogP contribution in [0.5, 0.6) is 0 Å². The van der Waals surface area contributed by atoms with Crippen LogP contribution in [0.4, 0.5) is 13.6 Å². The molecule has 25 heavy (non-hydrogen) atoms. The Morgan fingerprint density at radius 1 is 1.12 bits per heavy atom. The second kappa shape index (κ2) is 6.44. The van der Waals surface area contributed by atoms with Crippen molar-refractivity contribution in [3.05, 3.63) is 70.2 Å². The third kappa shape index (κ3) is 2.87. The fourth-order valence-electron chi connectivity index (χ4n) is 2.99. The van der Waals surface area contributed by atoms with Gasteiger partial charge in [-0.15, -0.1) is 0 Å². The molecule has 0 bridgehead atoms. The predicted molar refractivity (Wildman–Crippen MR) is 88.9 cm³/mol. The van der Waals surface area contributed by atoms with Crippen molar-refractivity contribution in [1.29, 1.82) is 0 Å². The Labute approximate surface area is 148 Å². The van der Waals surface area contributed by atoms with Crippen molar-refractivity contribution in [2.75, 3.05) is 0 Å². The Hall–Kier alpha value is -2.47. The molecule has 1 aliphatic heterocycles. The van der Waals surface area contributed by atoms with Crippen LogP contribution in [0.2, 0.25) is 5.02 Å². The minimum Gasteiger partial charge on any atom is -0.319 e. The smallest absolute Gasteiger partial charge is 0.319 e. The lowest BCUT2D eigenvalue weighted by Gasteiger charge is -2.26. The van der Waals surface area contributed by atoms with Crippen LogP contribution >= 0.6 is 11.6 Å². The Kier molecular flexibility index (Phi) is 4.47. The number of amides is 3. The van der Waals surface area contributed by atoms with Gasteiger partial charge in [0, 0.05) is 10.6 Å². The lowest BCUT2D eigenvalue weighted by molar-refractivity contribution is -0.132. The first-order chi connectivity index (χ1) is 11.9. The summed E-state index contributed by atoms with van der Waals surface area (Å²) in [6, 6.07) is 8.87. The van der Waals surface area contributed by atoms with Crippen LogP contribution in [-0.4, -0.2) is 16.8 Å². The Morgan fingerprint density at radius 3 is 2.40 bits per heavy atom. The van der Waals surface area contributed by atoms with Gasteiger partial charge in [-0.2, -0.15) is 0 Å². The first-order valence-electron chi connectivity index (χ1n) is 7.72. The van der Waals surface area contributed by atoms with Crippen molar-refractivity contribution in [3.8, 4) is 0 Å². The van der Waals surface area contributed by atoms with E-state index in [2.05, 4.69) is 5.32 Å². The molecule has 0 aromatic heterocycles. The fraction of sp³-hybridized carbons (Fsp3) is 0.222. The topological polar surface area (TPSA) is 49.4 Å². The third-order valence-electron chi connectivity index (χ3n) is 4.42. The number of urea groups is 1. The summed E-state index contributed by atoms with van der Waals surface area (Å²) in [5.41, 5.74) is -0.766. The largest absolute Gasteiger partial charge is 0.325 e. The molecule has 0 radical (unpaired) electrons. The van der Waals surface area contributed by atoms with Gasteiger partial charge in [0.25, 0.3) is 5.91 Å². The van der Waals surface area contributed by atoms with Crippen molar-refractivity contribution < 1.29 is 18.4 Å². The maximum atomic E-state index is 14.0.